The molecule has 20 heavy (non-hydrogen) atoms. The Balaban J connectivity index is 1.98. The molecule has 0 saturated carbocycles. The van der Waals surface area contributed by atoms with E-state index in [2.05, 4.69) is 48.0 Å². The molecule has 112 valence electrons. The molecule has 0 aliphatic carbocycles. The Bertz CT molecular complexity index is 410. The maximum Gasteiger partial charge on any atom is 0.0575 e. The fraction of sp³-hybridized carbons (Fsp3) is 0.667. The first-order valence-electron chi connectivity index (χ1n) is 8.12. The van der Waals surface area contributed by atoms with Crippen LogP contribution in [0.4, 0.5) is 0 Å². The molecule has 2 rings (SSSR count). The van der Waals surface area contributed by atoms with Gasteiger partial charge in [0, 0.05) is 11.4 Å². The Hall–Kier alpha value is -0.340. The summed E-state index contributed by atoms with van der Waals surface area (Å²) < 4.78 is 5.84. The fourth-order valence-electron chi connectivity index (χ4n) is 3.00. The van der Waals surface area contributed by atoms with E-state index in [1.807, 2.05) is 0 Å². The SMILES string of the molecule is CCc1ccc(CC)c(C(Br)CCC2CCCCO2)c1. The highest BCUT2D eigenvalue weighted by molar-refractivity contribution is 9.09. The maximum absolute atomic E-state index is 5.84. The smallest absolute Gasteiger partial charge is 0.0575 e. The Labute approximate surface area is 132 Å². The largest absolute Gasteiger partial charge is 0.378 e. The van der Waals surface area contributed by atoms with E-state index < -0.39 is 0 Å². The molecule has 0 spiro atoms. The average molecular weight is 339 g/mol. The summed E-state index contributed by atoms with van der Waals surface area (Å²) in [5.74, 6) is 0. The number of aryl methyl sites for hydroxylation is 2. The van der Waals surface area contributed by atoms with E-state index in [9.17, 15) is 0 Å². The minimum atomic E-state index is 0.467. The van der Waals surface area contributed by atoms with Crippen LogP contribution in [0.2, 0.25) is 0 Å². The molecule has 2 unspecified atom stereocenters. The number of benzene rings is 1. The van der Waals surface area contributed by atoms with Crippen molar-refractivity contribution in [2.45, 2.75) is 69.7 Å². The van der Waals surface area contributed by atoms with Crippen LogP contribution in [0.1, 0.15) is 67.5 Å². The Morgan fingerprint density at radius 3 is 2.75 bits per heavy atom. The second-order valence-electron chi connectivity index (χ2n) is 5.77. The standard InChI is InChI=1S/C18H27BrO/c1-3-14-8-9-15(4-2)17(13-14)18(19)11-10-16-7-5-6-12-20-16/h8-9,13,16,18H,3-7,10-12H2,1-2H3. The molecule has 0 bridgehead atoms. The van der Waals surface area contributed by atoms with E-state index in [1.54, 1.807) is 0 Å². The average Bonchev–Trinajstić information content (AvgIpc) is 2.52. The third kappa shape index (κ3) is 4.33. The zero-order valence-electron chi connectivity index (χ0n) is 12.8. The molecule has 0 N–H and O–H groups in total. The molecule has 1 aromatic rings. The van der Waals surface area contributed by atoms with Crippen molar-refractivity contribution in [2.24, 2.45) is 0 Å². The number of hydrogen-bond donors (Lipinski definition) is 0. The van der Waals surface area contributed by atoms with Gasteiger partial charge in [0.15, 0.2) is 0 Å². The minimum Gasteiger partial charge on any atom is -0.378 e. The molecule has 1 fully saturated rings. The van der Waals surface area contributed by atoms with E-state index >= 15 is 0 Å². The molecule has 0 radical (unpaired) electrons. The van der Waals surface area contributed by atoms with Gasteiger partial charge >= 0.3 is 0 Å². The monoisotopic (exact) mass is 338 g/mol. The molecule has 2 atom stereocenters. The molecule has 0 amide bonds. The summed E-state index contributed by atoms with van der Waals surface area (Å²) in [4.78, 5) is 0.467. The number of alkyl halides is 1. The topological polar surface area (TPSA) is 9.23 Å². The third-order valence-electron chi connectivity index (χ3n) is 4.35. The van der Waals surface area contributed by atoms with Crippen LogP contribution in [-0.4, -0.2) is 12.7 Å². The summed E-state index contributed by atoms with van der Waals surface area (Å²) in [6, 6.07) is 6.96. The van der Waals surface area contributed by atoms with Crippen LogP contribution in [0.25, 0.3) is 0 Å². The lowest BCUT2D eigenvalue weighted by Gasteiger charge is -2.24. The van der Waals surface area contributed by atoms with Crippen LogP contribution >= 0.6 is 15.9 Å². The third-order valence-corrected chi connectivity index (χ3v) is 5.30. The van der Waals surface area contributed by atoms with Crippen molar-refractivity contribution in [2.75, 3.05) is 6.61 Å². The first-order valence-corrected chi connectivity index (χ1v) is 9.03. The molecular formula is C18H27BrO. The predicted octanol–water partition coefficient (Wildman–Crippen LogP) is 5.60. The van der Waals surface area contributed by atoms with Gasteiger partial charge in [0.1, 0.15) is 0 Å². The Kier molecular flexibility index (Phi) is 6.57. The predicted molar refractivity (Wildman–Crippen MR) is 89.7 cm³/mol. The summed E-state index contributed by atoms with van der Waals surface area (Å²) in [6.07, 6.45) is 8.89. The summed E-state index contributed by atoms with van der Waals surface area (Å²) >= 11 is 3.91. The molecule has 1 heterocycles. The number of ether oxygens (including phenoxy) is 1. The van der Waals surface area contributed by atoms with Gasteiger partial charge in [0.2, 0.25) is 0 Å². The van der Waals surface area contributed by atoms with E-state index in [0.29, 0.717) is 10.9 Å². The van der Waals surface area contributed by atoms with Gasteiger partial charge < -0.3 is 4.74 Å². The normalized spacial score (nSPS) is 20.9. The van der Waals surface area contributed by atoms with Gasteiger partial charge in [-0.2, -0.15) is 0 Å². The fourth-order valence-corrected chi connectivity index (χ4v) is 3.69. The van der Waals surface area contributed by atoms with Gasteiger partial charge in [-0.1, -0.05) is 48.0 Å². The first kappa shape index (κ1) is 16.0. The van der Waals surface area contributed by atoms with Gasteiger partial charge in [-0.25, -0.2) is 0 Å². The van der Waals surface area contributed by atoms with Crippen LogP contribution in [0.15, 0.2) is 18.2 Å². The van der Waals surface area contributed by atoms with E-state index in [4.69, 9.17) is 4.74 Å². The van der Waals surface area contributed by atoms with Crippen molar-refractivity contribution in [1.82, 2.24) is 0 Å². The minimum absolute atomic E-state index is 0.467. The Morgan fingerprint density at radius 2 is 2.10 bits per heavy atom. The summed E-state index contributed by atoms with van der Waals surface area (Å²) in [6.45, 7) is 5.43. The maximum atomic E-state index is 5.84. The molecule has 1 saturated heterocycles. The molecular weight excluding hydrogens is 312 g/mol. The van der Waals surface area contributed by atoms with Crippen molar-refractivity contribution in [3.63, 3.8) is 0 Å². The van der Waals surface area contributed by atoms with Crippen LogP contribution in [0.5, 0.6) is 0 Å². The van der Waals surface area contributed by atoms with Crippen LogP contribution in [0, 0.1) is 0 Å². The van der Waals surface area contributed by atoms with Crippen LogP contribution in [0.3, 0.4) is 0 Å². The highest BCUT2D eigenvalue weighted by Crippen LogP contribution is 2.33. The molecule has 1 aliphatic rings. The van der Waals surface area contributed by atoms with Gasteiger partial charge in [0.25, 0.3) is 0 Å². The van der Waals surface area contributed by atoms with Crippen molar-refractivity contribution in [3.8, 4) is 0 Å². The summed E-state index contributed by atoms with van der Waals surface area (Å²) in [7, 11) is 0. The van der Waals surface area contributed by atoms with E-state index in [-0.39, 0.29) is 0 Å². The highest BCUT2D eigenvalue weighted by Gasteiger charge is 2.18. The molecule has 1 aliphatic heterocycles. The highest BCUT2D eigenvalue weighted by atomic mass is 79.9. The molecule has 0 aromatic heterocycles. The Morgan fingerprint density at radius 1 is 1.25 bits per heavy atom. The second-order valence-corrected chi connectivity index (χ2v) is 6.88. The van der Waals surface area contributed by atoms with E-state index in [0.717, 1.165) is 19.4 Å². The van der Waals surface area contributed by atoms with E-state index in [1.165, 1.54) is 48.8 Å². The summed E-state index contributed by atoms with van der Waals surface area (Å²) in [5.41, 5.74) is 4.41. The second kappa shape index (κ2) is 8.19. The lowest BCUT2D eigenvalue weighted by atomic mass is 9.95. The molecule has 1 aromatic carbocycles. The zero-order chi connectivity index (χ0) is 14.4. The van der Waals surface area contributed by atoms with Crippen LogP contribution < -0.4 is 0 Å². The quantitative estimate of drug-likeness (QED) is 0.613. The lowest BCUT2D eigenvalue weighted by molar-refractivity contribution is 0.0101. The first-order chi connectivity index (χ1) is 9.74. The number of hydrogen-bond acceptors (Lipinski definition) is 1. The van der Waals surface area contributed by atoms with Gasteiger partial charge in [0.05, 0.1) is 6.10 Å². The lowest BCUT2D eigenvalue weighted by Crippen LogP contribution is -2.19. The van der Waals surface area contributed by atoms with Gasteiger partial charge in [-0.3, -0.25) is 0 Å². The number of halogens is 1. The van der Waals surface area contributed by atoms with Crippen LogP contribution in [-0.2, 0) is 17.6 Å². The number of rotatable bonds is 6. The van der Waals surface area contributed by atoms with Crippen molar-refractivity contribution < 1.29 is 4.74 Å². The van der Waals surface area contributed by atoms with Gasteiger partial charge in [-0.15, -0.1) is 0 Å². The van der Waals surface area contributed by atoms with Crippen molar-refractivity contribution in [3.05, 3.63) is 34.9 Å². The van der Waals surface area contributed by atoms with Gasteiger partial charge in [-0.05, 0) is 61.6 Å². The zero-order valence-corrected chi connectivity index (χ0v) is 14.4. The summed E-state index contributed by atoms with van der Waals surface area (Å²) in [5, 5.41) is 0. The molecule has 1 nitrogen and oxygen atoms in total. The molecule has 2 heteroatoms. The van der Waals surface area contributed by atoms with Crippen molar-refractivity contribution >= 4 is 15.9 Å². The van der Waals surface area contributed by atoms with Crippen molar-refractivity contribution in [1.29, 1.82) is 0 Å².